The van der Waals surface area contributed by atoms with Gasteiger partial charge < -0.3 is 15.4 Å². The Morgan fingerprint density at radius 1 is 1.32 bits per heavy atom. The van der Waals surface area contributed by atoms with Gasteiger partial charge in [0.05, 0.1) is 11.5 Å². The summed E-state index contributed by atoms with van der Waals surface area (Å²) < 4.78 is 5.68. The molecule has 5 heteroatoms. The maximum atomic E-state index is 13.0. The van der Waals surface area contributed by atoms with E-state index in [0.717, 1.165) is 30.8 Å². The predicted molar refractivity (Wildman–Crippen MR) is 87.3 cm³/mol. The summed E-state index contributed by atoms with van der Waals surface area (Å²) in [6.45, 7) is 2.38. The lowest BCUT2D eigenvalue weighted by atomic mass is 9.67. The summed E-state index contributed by atoms with van der Waals surface area (Å²) in [5, 5.41) is 6.70. The molecule has 2 N–H and O–H groups in total. The zero-order chi connectivity index (χ0) is 14.3. The molecule has 120 valence electrons. The minimum absolute atomic E-state index is 0. The summed E-state index contributed by atoms with van der Waals surface area (Å²) in [5.41, 5.74) is 0.927. The third-order valence-corrected chi connectivity index (χ3v) is 5.50. The van der Waals surface area contributed by atoms with Crippen molar-refractivity contribution in [1.29, 1.82) is 0 Å². The zero-order valence-electron chi connectivity index (χ0n) is 12.6. The summed E-state index contributed by atoms with van der Waals surface area (Å²) in [4.78, 5) is 13.0. The molecule has 1 unspecified atom stereocenters. The molecule has 4 rings (SSSR count). The van der Waals surface area contributed by atoms with Crippen LogP contribution in [-0.2, 0) is 4.79 Å². The monoisotopic (exact) mass is 322 g/mol. The molecule has 0 spiro atoms. The molecule has 1 aromatic carbocycles. The predicted octanol–water partition coefficient (Wildman–Crippen LogP) is 2.44. The second kappa shape index (κ2) is 6.09. The molecule has 3 atom stereocenters. The molecule has 1 saturated carbocycles. The van der Waals surface area contributed by atoms with Gasteiger partial charge in [-0.05, 0) is 31.4 Å². The molecule has 1 aliphatic carbocycles. The summed E-state index contributed by atoms with van der Waals surface area (Å²) in [5.74, 6) is 1.64. The van der Waals surface area contributed by atoms with Crippen molar-refractivity contribution < 1.29 is 9.53 Å². The highest BCUT2D eigenvalue weighted by Crippen LogP contribution is 2.44. The van der Waals surface area contributed by atoms with Crippen LogP contribution in [0.2, 0.25) is 0 Å². The van der Waals surface area contributed by atoms with Crippen LogP contribution in [0.25, 0.3) is 0 Å². The van der Waals surface area contributed by atoms with Gasteiger partial charge in [-0.3, -0.25) is 4.79 Å². The number of para-hydroxylation sites is 1. The number of amides is 1. The maximum absolute atomic E-state index is 13.0. The minimum Gasteiger partial charge on any atom is -0.491 e. The number of nitrogens with one attached hydrogen (secondary N) is 2. The van der Waals surface area contributed by atoms with E-state index in [-0.39, 0.29) is 29.8 Å². The maximum Gasteiger partial charge on any atom is 0.228 e. The summed E-state index contributed by atoms with van der Waals surface area (Å²) in [6.07, 6.45) is 4.63. The van der Waals surface area contributed by atoms with Crippen molar-refractivity contribution in [3.05, 3.63) is 29.8 Å². The van der Waals surface area contributed by atoms with Crippen LogP contribution in [0, 0.1) is 11.3 Å². The highest BCUT2D eigenvalue weighted by Gasteiger charge is 2.50. The van der Waals surface area contributed by atoms with Gasteiger partial charge in [0.15, 0.2) is 0 Å². The lowest BCUT2D eigenvalue weighted by Crippen LogP contribution is -2.49. The van der Waals surface area contributed by atoms with Gasteiger partial charge in [0.1, 0.15) is 12.4 Å². The first kappa shape index (κ1) is 15.6. The quantitative estimate of drug-likeness (QED) is 0.879. The van der Waals surface area contributed by atoms with Crippen LogP contribution in [0.3, 0.4) is 0 Å². The van der Waals surface area contributed by atoms with E-state index in [9.17, 15) is 4.79 Å². The van der Waals surface area contributed by atoms with Crippen LogP contribution in [0.5, 0.6) is 5.75 Å². The van der Waals surface area contributed by atoms with Crippen LogP contribution in [-0.4, -0.2) is 25.6 Å². The molecule has 2 heterocycles. The van der Waals surface area contributed by atoms with Crippen molar-refractivity contribution in [3.63, 3.8) is 0 Å². The van der Waals surface area contributed by atoms with Crippen molar-refractivity contribution in [2.45, 2.75) is 31.7 Å². The lowest BCUT2D eigenvalue weighted by molar-refractivity contribution is -0.134. The Hall–Kier alpha value is -1.26. The molecule has 1 saturated heterocycles. The molecule has 0 aromatic heterocycles. The molecule has 3 aliphatic rings. The van der Waals surface area contributed by atoms with Crippen LogP contribution < -0.4 is 15.4 Å². The second-order valence-corrected chi connectivity index (χ2v) is 6.60. The number of carbonyl (C=O) groups excluding carboxylic acids is 1. The fourth-order valence-corrected chi connectivity index (χ4v) is 4.27. The van der Waals surface area contributed by atoms with Gasteiger partial charge in [0.2, 0.25) is 5.91 Å². The van der Waals surface area contributed by atoms with E-state index in [1.807, 2.05) is 18.2 Å². The number of carbonyl (C=O) groups is 1. The van der Waals surface area contributed by atoms with Gasteiger partial charge in [-0.1, -0.05) is 31.0 Å². The molecule has 0 radical (unpaired) electrons. The fraction of sp³-hybridized carbons (Fsp3) is 0.588. The zero-order valence-corrected chi connectivity index (χ0v) is 13.5. The first-order chi connectivity index (χ1) is 10.3. The fourth-order valence-electron chi connectivity index (χ4n) is 4.27. The number of hydrogen-bond donors (Lipinski definition) is 2. The minimum atomic E-state index is -0.185. The first-order valence-electron chi connectivity index (χ1n) is 8.03. The largest absolute Gasteiger partial charge is 0.491 e. The van der Waals surface area contributed by atoms with Gasteiger partial charge in [0, 0.05) is 12.1 Å². The molecular formula is C17H23ClN2O2. The van der Waals surface area contributed by atoms with Crippen molar-refractivity contribution in [2.75, 3.05) is 19.7 Å². The van der Waals surface area contributed by atoms with Crippen molar-refractivity contribution in [3.8, 4) is 5.75 Å². The molecule has 4 nitrogen and oxygen atoms in total. The first-order valence-corrected chi connectivity index (χ1v) is 8.03. The number of benzene rings is 1. The molecule has 1 amide bonds. The highest BCUT2D eigenvalue weighted by atomic mass is 35.5. The highest BCUT2D eigenvalue weighted by molar-refractivity contribution is 5.85. The molecular weight excluding hydrogens is 300 g/mol. The van der Waals surface area contributed by atoms with Crippen LogP contribution >= 0.6 is 12.4 Å². The van der Waals surface area contributed by atoms with E-state index in [1.54, 1.807) is 0 Å². The van der Waals surface area contributed by atoms with E-state index < -0.39 is 0 Å². The van der Waals surface area contributed by atoms with Gasteiger partial charge >= 0.3 is 0 Å². The van der Waals surface area contributed by atoms with E-state index in [1.165, 1.54) is 19.3 Å². The van der Waals surface area contributed by atoms with Crippen LogP contribution in [0.4, 0.5) is 0 Å². The molecule has 2 aliphatic heterocycles. The second-order valence-electron chi connectivity index (χ2n) is 6.60. The third-order valence-electron chi connectivity index (χ3n) is 5.50. The smallest absolute Gasteiger partial charge is 0.228 e. The average molecular weight is 323 g/mol. The van der Waals surface area contributed by atoms with Crippen molar-refractivity contribution in [2.24, 2.45) is 11.3 Å². The molecule has 0 bridgehead atoms. The van der Waals surface area contributed by atoms with Crippen molar-refractivity contribution >= 4 is 18.3 Å². The van der Waals surface area contributed by atoms with Gasteiger partial charge in [-0.25, -0.2) is 0 Å². The van der Waals surface area contributed by atoms with E-state index in [2.05, 4.69) is 16.7 Å². The number of halogens is 1. The van der Waals surface area contributed by atoms with Crippen LogP contribution in [0.1, 0.15) is 37.3 Å². The summed E-state index contributed by atoms with van der Waals surface area (Å²) >= 11 is 0. The SMILES string of the molecule is Cl.O=C(NC1COc2ccccc21)[C@@]12CCCC[C@H]1CNC2. The average Bonchev–Trinajstić information content (AvgIpc) is 3.12. The number of ether oxygens (including phenoxy) is 1. The molecule has 2 fully saturated rings. The Morgan fingerprint density at radius 3 is 3.09 bits per heavy atom. The Morgan fingerprint density at radius 2 is 2.18 bits per heavy atom. The number of rotatable bonds is 2. The molecule has 1 aromatic rings. The van der Waals surface area contributed by atoms with Crippen LogP contribution in [0.15, 0.2) is 24.3 Å². The van der Waals surface area contributed by atoms with E-state index in [4.69, 9.17) is 4.74 Å². The Balaban J connectivity index is 0.00000144. The van der Waals surface area contributed by atoms with Gasteiger partial charge in [0.25, 0.3) is 0 Å². The standard InChI is InChI=1S/C17H22N2O2.ClH/c20-16(17-8-4-3-5-12(17)9-18-11-17)19-14-10-21-15-7-2-1-6-13(14)15;/h1-2,6-7,12,14,18H,3-5,8-11H2,(H,19,20);1H/t12-,14?,17+;/m0./s1. The van der Waals surface area contributed by atoms with Gasteiger partial charge in [-0.15, -0.1) is 12.4 Å². The lowest BCUT2D eigenvalue weighted by Gasteiger charge is -2.37. The van der Waals surface area contributed by atoms with Crippen molar-refractivity contribution in [1.82, 2.24) is 10.6 Å². The van der Waals surface area contributed by atoms with E-state index >= 15 is 0 Å². The number of fused-ring (bicyclic) bond motifs is 2. The normalized spacial score (nSPS) is 32.4. The van der Waals surface area contributed by atoms with Gasteiger partial charge in [-0.2, -0.15) is 0 Å². The molecule has 22 heavy (non-hydrogen) atoms. The Bertz CT molecular complexity index is 565. The third kappa shape index (κ3) is 2.38. The summed E-state index contributed by atoms with van der Waals surface area (Å²) in [7, 11) is 0. The topological polar surface area (TPSA) is 50.4 Å². The van der Waals surface area contributed by atoms with E-state index in [0.29, 0.717) is 12.5 Å². The number of hydrogen-bond acceptors (Lipinski definition) is 3. The Labute approximate surface area is 137 Å². The Kier molecular flexibility index (Phi) is 4.33. The summed E-state index contributed by atoms with van der Waals surface area (Å²) in [6, 6.07) is 8.01.